The minimum atomic E-state index is 0.285. The number of aromatic nitrogens is 1. The van der Waals surface area contributed by atoms with Crippen LogP contribution in [0.1, 0.15) is 35.3 Å². The van der Waals surface area contributed by atoms with E-state index in [0.717, 1.165) is 23.0 Å². The van der Waals surface area contributed by atoms with Gasteiger partial charge in [0.25, 0.3) is 0 Å². The molecule has 0 bridgehead atoms. The highest BCUT2D eigenvalue weighted by Crippen LogP contribution is 2.24. The number of halogens is 1. The molecule has 2 aromatic rings. The normalized spacial score (nSPS) is 12.4. The summed E-state index contributed by atoms with van der Waals surface area (Å²) < 4.78 is 1.12. The van der Waals surface area contributed by atoms with Gasteiger partial charge < -0.3 is 5.32 Å². The topological polar surface area (TPSA) is 24.9 Å². The van der Waals surface area contributed by atoms with Crippen LogP contribution in [-0.2, 0) is 12.8 Å². The first-order chi connectivity index (χ1) is 9.63. The molecule has 2 rings (SSSR count). The molecule has 1 N–H and O–H groups in total. The Bertz CT molecular complexity index is 564. The lowest BCUT2D eigenvalue weighted by Crippen LogP contribution is -2.20. The Labute approximate surface area is 129 Å². The van der Waals surface area contributed by atoms with Crippen molar-refractivity contribution < 1.29 is 0 Å². The van der Waals surface area contributed by atoms with E-state index in [1.54, 1.807) is 0 Å². The molecule has 0 saturated heterocycles. The Morgan fingerprint density at radius 3 is 2.65 bits per heavy atom. The summed E-state index contributed by atoms with van der Waals surface area (Å²) in [6, 6.07) is 11.0. The molecular formula is C17H21BrN2. The number of rotatable bonds is 5. The SMILES string of the molecule is CCc1ccc(CC(NC)c2cc(Br)ccc2C)nc1. The molecule has 1 heterocycles. The van der Waals surface area contributed by atoms with Crippen LogP contribution >= 0.6 is 15.9 Å². The van der Waals surface area contributed by atoms with Gasteiger partial charge in [-0.15, -0.1) is 0 Å². The third-order valence-corrected chi connectivity index (χ3v) is 4.17. The van der Waals surface area contributed by atoms with Crippen LogP contribution in [0.25, 0.3) is 0 Å². The van der Waals surface area contributed by atoms with E-state index in [9.17, 15) is 0 Å². The molecule has 1 atom stereocenters. The van der Waals surface area contributed by atoms with E-state index in [4.69, 9.17) is 0 Å². The quantitative estimate of drug-likeness (QED) is 0.886. The molecule has 0 aliphatic heterocycles. The van der Waals surface area contributed by atoms with E-state index in [0.29, 0.717) is 0 Å². The number of nitrogens with one attached hydrogen (secondary N) is 1. The van der Waals surface area contributed by atoms with Crippen LogP contribution in [-0.4, -0.2) is 12.0 Å². The molecule has 0 amide bonds. The average molecular weight is 333 g/mol. The van der Waals surface area contributed by atoms with E-state index in [2.05, 4.69) is 70.4 Å². The van der Waals surface area contributed by atoms with Gasteiger partial charge in [-0.1, -0.05) is 35.0 Å². The minimum absolute atomic E-state index is 0.285. The number of pyridine rings is 1. The highest BCUT2D eigenvalue weighted by Gasteiger charge is 2.13. The summed E-state index contributed by atoms with van der Waals surface area (Å²) in [6.45, 7) is 4.30. The average Bonchev–Trinajstić information content (AvgIpc) is 2.48. The molecule has 1 aromatic carbocycles. The summed E-state index contributed by atoms with van der Waals surface area (Å²) in [7, 11) is 2.01. The Morgan fingerprint density at radius 2 is 2.05 bits per heavy atom. The predicted molar refractivity (Wildman–Crippen MR) is 88.0 cm³/mol. The molecule has 0 saturated carbocycles. The van der Waals surface area contributed by atoms with E-state index in [1.165, 1.54) is 16.7 Å². The van der Waals surface area contributed by atoms with Gasteiger partial charge in [0.05, 0.1) is 0 Å². The molecule has 0 aliphatic carbocycles. The van der Waals surface area contributed by atoms with Crippen molar-refractivity contribution in [1.82, 2.24) is 10.3 Å². The number of hydrogen-bond acceptors (Lipinski definition) is 2. The maximum Gasteiger partial charge on any atom is 0.0422 e. The second kappa shape index (κ2) is 7.00. The van der Waals surface area contributed by atoms with Crippen LogP contribution in [0.4, 0.5) is 0 Å². The number of likely N-dealkylation sites (N-methyl/N-ethyl adjacent to an activating group) is 1. The van der Waals surface area contributed by atoms with Gasteiger partial charge in [-0.05, 0) is 55.3 Å². The molecule has 0 spiro atoms. The zero-order valence-electron chi connectivity index (χ0n) is 12.3. The fourth-order valence-corrected chi connectivity index (χ4v) is 2.73. The Hall–Kier alpha value is -1.19. The van der Waals surface area contributed by atoms with Crippen molar-refractivity contribution in [1.29, 1.82) is 0 Å². The number of aryl methyl sites for hydroxylation is 2. The van der Waals surface area contributed by atoms with Crippen LogP contribution in [0.2, 0.25) is 0 Å². The van der Waals surface area contributed by atoms with E-state index in [1.807, 2.05) is 13.2 Å². The number of benzene rings is 1. The van der Waals surface area contributed by atoms with E-state index >= 15 is 0 Å². The standard InChI is InChI=1S/C17H21BrN2/c1-4-13-6-8-15(20-11-13)10-17(19-3)16-9-14(18)7-5-12(16)2/h5-9,11,17,19H,4,10H2,1-3H3. The van der Waals surface area contributed by atoms with Crippen molar-refractivity contribution in [3.63, 3.8) is 0 Å². The fraction of sp³-hybridized carbons (Fsp3) is 0.353. The zero-order valence-corrected chi connectivity index (χ0v) is 13.9. The van der Waals surface area contributed by atoms with Gasteiger partial charge in [-0.25, -0.2) is 0 Å². The highest BCUT2D eigenvalue weighted by molar-refractivity contribution is 9.10. The molecule has 1 aromatic heterocycles. The van der Waals surface area contributed by atoms with Crippen molar-refractivity contribution >= 4 is 15.9 Å². The van der Waals surface area contributed by atoms with Gasteiger partial charge in [0.2, 0.25) is 0 Å². The van der Waals surface area contributed by atoms with Crippen molar-refractivity contribution in [3.8, 4) is 0 Å². The van der Waals surface area contributed by atoms with E-state index in [-0.39, 0.29) is 6.04 Å². The van der Waals surface area contributed by atoms with Crippen molar-refractivity contribution in [3.05, 3.63) is 63.4 Å². The van der Waals surface area contributed by atoms with Crippen LogP contribution in [0.15, 0.2) is 41.0 Å². The first kappa shape index (κ1) is 15.2. The molecule has 20 heavy (non-hydrogen) atoms. The molecular weight excluding hydrogens is 312 g/mol. The van der Waals surface area contributed by atoms with Crippen LogP contribution in [0.5, 0.6) is 0 Å². The molecule has 0 fully saturated rings. The summed E-state index contributed by atoms with van der Waals surface area (Å²) >= 11 is 3.55. The predicted octanol–water partition coefficient (Wildman–Crippen LogP) is 4.22. The highest BCUT2D eigenvalue weighted by atomic mass is 79.9. The maximum atomic E-state index is 4.56. The molecule has 0 radical (unpaired) electrons. The summed E-state index contributed by atoms with van der Waals surface area (Å²) in [5.74, 6) is 0. The van der Waals surface area contributed by atoms with Gasteiger partial charge in [0, 0.05) is 28.8 Å². The fourth-order valence-electron chi connectivity index (χ4n) is 2.35. The first-order valence-electron chi connectivity index (χ1n) is 7.01. The lowest BCUT2D eigenvalue weighted by molar-refractivity contribution is 0.581. The van der Waals surface area contributed by atoms with Gasteiger partial charge in [-0.3, -0.25) is 4.98 Å². The zero-order chi connectivity index (χ0) is 14.5. The lowest BCUT2D eigenvalue weighted by Gasteiger charge is -2.19. The largest absolute Gasteiger partial charge is 0.313 e. The Kier molecular flexibility index (Phi) is 5.32. The van der Waals surface area contributed by atoms with Gasteiger partial charge in [-0.2, -0.15) is 0 Å². The van der Waals surface area contributed by atoms with Gasteiger partial charge in [0.15, 0.2) is 0 Å². The number of hydrogen-bond donors (Lipinski definition) is 1. The summed E-state index contributed by atoms with van der Waals surface area (Å²) in [5, 5.41) is 3.40. The van der Waals surface area contributed by atoms with E-state index < -0.39 is 0 Å². The Morgan fingerprint density at radius 1 is 1.25 bits per heavy atom. The first-order valence-corrected chi connectivity index (χ1v) is 7.80. The Balaban J connectivity index is 2.21. The van der Waals surface area contributed by atoms with Crippen LogP contribution in [0, 0.1) is 6.92 Å². The van der Waals surface area contributed by atoms with Crippen LogP contribution < -0.4 is 5.32 Å². The van der Waals surface area contributed by atoms with Crippen molar-refractivity contribution in [2.75, 3.05) is 7.05 Å². The van der Waals surface area contributed by atoms with Crippen molar-refractivity contribution in [2.45, 2.75) is 32.7 Å². The maximum absolute atomic E-state index is 4.56. The third kappa shape index (κ3) is 3.68. The monoisotopic (exact) mass is 332 g/mol. The molecule has 106 valence electrons. The molecule has 2 nitrogen and oxygen atoms in total. The van der Waals surface area contributed by atoms with Gasteiger partial charge >= 0.3 is 0 Å². The second-order valence-corrected chi connectivity index (χ2v) is 5.97. The third-order valence-electron chi connectivity index (χ3n) is 3.67. The lowest BCUT2D eigenvalue weighted by atomic mass is 9.97. The minimum Gasteiger partial charge on any atom is -0.313 e. The molecule has 3 heteroatoms. The van der Waals surface area contributed by atoms with Gasteiger partial charge in [0.1, 0.15) is 0 Å². The number of nitrogens with zero attached hydrogens (tertiary/aromatic N) is 1. The molecule has 1 unspecified atom stereocenters. The summed E-state index contributed by atoms with van der Waals surface area (Å²) in [6.07, 6.45) is 3.92. The summed E-state index contributed by atoms with van der Waals surface area (Å²) in [5.41, 5.74) is 5.04. The smallest absolute Gasteiger partial charge is 0.0422 e. The second-order valence-electron chi connectivity index (χ2n) is 5.06. The summed E-state index contributed by atoms with van der Waals surface area (Å²) in [4.78, 5) is 4.56. The molecule has 0 aliphatic rings. The van der Waals surface area contributed by atoms with Crippen LogP contribution in [0.3, 0.4) is 0 Å². The van der Waals surface area contributed by atoms with Crippen molar-refractivity contribution in [2.24, 2.45) is 0 Å².